The highest BCUT2D eigenvalue weighted by Gasteiger charge is 2.29. The van der Waals surface area contributed by atoms with Gasteiger partial charge in [0, 0.05) is 39.0 Å². The number of rotatable bonds is 6. The molecular formula is C24H31FN6O. The van der Waals surface area contributed by atoms with Crippen LogP contribution in [-0.2, 0) is 11.2 Å². The van der Waals surface area contributed by atoms with Crippen LogP contribution in [0.15, 0.2) is 42.7 Å². The predicted molar refractivity (Wildman–Crippen MR) is 126 cm³/mol. The molecule has 0 amide bonds. The van der Waals surface area contributed by atoms with Gasteiger partial charge in [-0.3, -0.25) is 4.90 Å². The molecule has 5 rings (SSSR count). The summed E-state index contributed by atoms with van der Waals surface area (Å²) < 4.78 is 20.6. The van der Waals surface area contributed by atoms with Gasteiger partial charge in [0.2, 0.25) is 5.95 Å². The van der Waals surface area contributed by atoms with Crippen molar-refractivity contribution >= 4 is 17.3 Å². The maximum absolute atomic E-state index is 13.6. The predicted octanol–water partition coefficient (Wildman–Crippen LogP) is 3.79. The van der Waals surface area contributed by atoms with Crippen molar-refractivity contribution in [3.63, 3.8) is 0 Å². The fraction of sp³-hybridized carbons (Fsp3) is 0.417. The molecule has 0 saturated carbocycles. The summed E-state index contributed by atoms with van der Waals surface area (Å²) in [6.07, 6.45) is 2.60. The molecule has 2 aliphatic heterocycles. The van der Waals surface area contributed by atoms with Gasteiger partial charge in [-0.25, -0.2) is 9.07 Å². The van der Waals surface area contributed by atoms with Gasteiger partial charge in [0.25, 0.3) is 0 Å². The standard InChI is InChI=1S/C24H29FN6O.H2/c1-3-18-11-19(13-21(12-18)29-6-8-30(9-7-29)22-14-32-15-22)27-24-26-16-31(28-24)20-4-5-23(25)17(2)10-20;/h4-5,10-13,16,22H,3,6-9,14-15H2,1-2H3,(H,27,28);1H. The number of aromatic nitrogens is 3. The van der Waals surface area contributed by atoms with E-state index < -0.39 is 0 Å². The maximum atomic E-state index is 13.6. The van der Waals surface area contributed by atoms with E-state index in [-0.39, 0.29) is 7.24 Å². The van der Waals surface area contributed by atoms with Gasteiger partial charge in [-0.15, -0.1) is 5.10 Å². The van der Waals surface area contributed by atoms with Crippen LogP contribution in [0.4, 0.5) is 21.7 Å². The Morgan fingerprint density at radius 1 is 1.09 bits per heavy atom. The third-order valence-electron chi connectivity index (χ3n) is 6.36. The van der Waals surface area contributed by atoms with E-state index in [1.807, 2.05) is 0 Å². The van der Waals surface area contributed by atoms with Crippen LogP contribution in [0.5, 0.6) is 0 Å². The van der Waals surface area contributed by atoms with Gasteiger partial charge in [-0.2, -0.15) is 4.98 Å². The molecule has 1 aromatic heterocycles. The highest BCUT2D eigenvalue weighted by molar-refractivity contribution is 5.64. The number of anilines is 3. The van der Waals surface area contributed by atoms with E-state index in [1.54, 1.807) is 30.1 Å². The van der Waals surface area contributed by atoms with Crippen LogP contribution in [0.25, 0.3) is 5.69 Å². The van der Waals surface area contributed by atoms with Gasteiger partial charge in [0.15, 0.2) is 0 Å². The Balaban J connectivity index is 0.00000259. The smallest absolute Gasteiger partial charge is 0.246 e. The Kier molecular flexibility index (Phi) is 5.80. The molecule has 170 valence electrons. The second-order valence-electron chi connectivity index (χ2n) is 8.53. The number of hydrogen-bond acceptors (Lipinski definition) is 6. The van der Waals surface area contributed by atoms with E-state index in [4.69, 9.17) is 4.74 Å². The first-order valence-corrected chi connectivity index (χ1v) is 11.2. The molecule has 0 spiro atoms. The molecule has 2 aliphatic rings. The largest absolute Gasteiger partial charge is 0.378 e. The van der Waals surface area contributed by atoms with E-state index in [2.05, 4.69) is 50.3 Å². The fourth-order valence-corrected chi connectivity index (χ4v) is 4.26. The molecule has 3 heterocycles. The van der Waals surface area contributed by atoms with Crippen LogP contribution in [-0.4, -0.2) is 65.1 Å². The number of hydrogen-bond donors (Lipinski definition) is 1. The quantitative estimate of drug-likeness (QED) is 0.632. The van der Waals surface area contributed by atoms with E-state index in [9.17, 15) is 4.39 Å². The number of aryl methyl sites for hydroxylation is 2. The third kappa shape index (κ3) is 4.33. The summed E-state index contributed by atoms with van der Waals surface area (Å²) in [5.74, 6) is 0.291. The normalized spacial score (nSPS) is 17.4. The van der Waals surface area contributed by atoms with Crippen LogP contribution in [0, 0.1) is 12.7 Å². The summed E-state index contributed by atoms with van der Waals surface area (Å²) in [6.45, 7) is 9.81. The lowest BCUT2D eigenvalue weighted by atomic mass is 10.1. The van der Waals surface area contributed by atoms with Crippen molar-refractivity contribution in [3.05, 3.63) is 59.7 Å². The summed E-state index contributed by atoms with van der Waals surface area (Å²) >= 11 is 0. The van der Waals surface area contributed by atoms with Crippen molar-refractivity contribution in [1.82, 2.24) is 19.7 Å². The van der Waals surface area contributed by atoms with Crippen LogP contribution in [0.2, 0.25) is 0 Å². The van der Waals surface area contributed by atoms with Gasteiger partial charge in [-0.1, -0.05) is 6.92 Å². The first-order valence-electron chi connectivity index (χ1n) is 11.2. The number of nitrogens with one attached hydrogen (secondary N) is 1. The van der Waals surface area contributed by atoms with Crippen molar-refractivity contribution in [2.24, 2.45) is 0 Å². The number of piperazine rings is 1. The van der Waals surface area contributed by atoms with Gasteiger partial charge >= 0.3 is 0 Å². The number of nitrogens with zero attached hydrogens (tertiary/aromatic N) is 5. The molecule has 1 N–H and O–H groups in total. The second kappa shape index (κ2) is 8.88. The highest BCUT2D eigenvalue weighted by atomic mass is 19.1. The molecular weight excluding hydrogens is 407 g/mol. The SMILES string of the molecule is CCc1cc(Nc2ncn(-c3ccc(F)c(C)c3)n2)cc(N2CCN(C3COC3)CC2)c1.[HH]. The van der Waals surface area contributed by atoms with Crippen molar-refractivity contribution in [1.29, 1.82) is 0 Å². The summed E-state index contributed by atoms with van der Waals surface area (Å²) in [5.41, 5.74) is 4.83. The second-order valence-corrected chi connectivity index (χ2v) is 8.53. The first kappa shape index (κ1) is 20.9. The molecule has 0 bridgehead atoms. The summed E-state index contributed by atoms with van der Waals surface area (Å²) in [7, 11) is 0. The monoisotopic (exact) mass is 438 g/mol. The zero-order valence-electron chi connectivity index (χ0n) is 18.6. The van der Waals surface area contributed by atoms with Gasteiger partial charge in [0.05, 0.1) is 24.9 Å². The topological polar surface area (TPSA) is 58.5 Å². The van der Waals surface area contributed by atoms with Crippen molar-refractivity contribution < 1.29 is 10.6 Å². The first-order chi connectivity index (χ1) is 15.6. The van der Waals surface area contributed by atoms with Gasteiger partial charge in [-0.05, 0) is 60.9 Å². The van der Waals surface area contributed by atoms with E-state index in [1.165, 1.54) is 17.3 Å². The van der Waals surface area contributed by atoms with Crippen molar-refractivity contribution in [2.45, 2.75) is 26.3 Å². The van der Waals surface area contributed by atoms with Crippen LogP contribution >= 0.6 is 0 Å². The van der Waals surface area contributed by atoms with Crippen molar-refractivity contribution in [2.75, 3.05) is 49.6 Å². The average Bonchev–Trinajstić information content (AvgIpc) is 3.23. The van der Waals surface area contributed by atoms with Crippen LogP contribution < -0.4 is 10.2 Å². The number of halogens is 1. The Bertz CT molecular complexity index is 1090. The molecule has 0 aliphatic carbocycles. The third-order valence-corrected chi connectivity index (χ3v) is 6.36. The number of benzene rings is 2. The minimum atomic E-state index is -0.224. The molecule has 3 aromatic rings. The Hall–Kier alpha value is -2.97. The minimum Gasteiger partial charge on any atom is -0.378 e. The van der Waals surface area contributed by atoms with Crippen molar-refractivity contribution in [3.8, 4) is 5.69 Å². The maximum Gasteiger partial charge on any atom is 0.246 e. The molecule has 0 atom stereocenters. The van der Waals surface area contributed by atoms with Gasteiger partial charge in [0.1, 0.15) is 12.1 Å². The molecule has 0 unspecified atom stereocenters. The van der Waals surface area contributed by atoms with E-state index in [0.29, 0.717) is 17.6 Å². The molecule has 7 nitrogen and oxygen atoms in total. The Morgan fingerprint density at radius 3 is 2.59 bits per heavy atom. The molecule has 8 heteroatoms. The lowest BCUT2D eigenvalue weighted by molar-refractivity contribution is -0.0660. The lowest BCUT2D eigenvalue weighted by Crippen LogP contribution is -2.56. The van der Waals surface area contributed by atoms with E-state index in [0.717, 1.165) is 57.2 Å². The molecule has 2 fully saturated rings. The summed E-state index contributed by atoms with van der Waals surface area (Å²) in [5, 5.41) is 7.88. The lowest BCUT2D eigenvalue weighted by Gasteiger charge is -2.43. The molecule has 2 aromatic carbocycles. The summed E-state index contributed by atoms with van der Waals surface area (Å²) in [4.78, 5) is 9.39. The zero-order chi connectivity index (χ0) is 22.1. The molecule has 2 saturated heterocycles. The van der Waals surface area contributed by atoms with Crippen LogP contribution in [0.3, 0.4) is 0 Å². The highest BCUT2D eigenvalue weighted by Crippen LogP contribution is 2.27. The average molecular weight is 439 g/mol. The Morgan fingerprint density at radius 2 is 1.91 bits per heavy atom. The summed E-state index contributed by atoms with van der Waals surface area (Å²) in [6, 6.07) is 12.1. The minimum absolute atomic E-state index is 0. The molecule has 32 heavy (non-hydrogen) atoms. The zero-order valence-corrected chi connectivity index (χ0v) is 18.6. The van der Waals surface area contributed by atoms with Crippen LogP contribution in [0.1, 0.15) is 19.5 Å². The van der Waals surface area contributed by atoms with E-state index >= 15 is 0 Å². The van der Waals surface area contributed by atoms with Gasteiger partial charge < -0.3 is 15.0 Å². The molecule has 0 radical (unpaired) electrons. The Labute approximate surface area is 189 Å². The number of ether oxygens (including phenoxy) is 1. The fourth-order valence-electron chi connectivity index (χ4n) is 4.26.